The van der Waals surface area contributed by atoms with Crippen LogP contribution in [0.3, 0.4) is 0 Å². The van der Waals surface area contributed by atoms with Crippen LogP contribution in [0.25, 0.3) is 0 Å². The number of fused-ring (bicyclic) bond motifs is 2. The third kappa shape index (κ3) is 3.40. The smallest absolute Gasteiger partial charge is 0.223 e. The molecule has 2 unspecified atom stereocenters. The van der Waals surface area contributed by atoms with Gasteiger partial charge in [-0.2, -0.15) is 0 Å². The Morgan fingerprint density at radius 3 is 2.48 bits per heavy atom. The first-order valence-electron chi connectivity index (χ1n) is 7.51. The predicted molar refractivity (Wildman–Crippen MR) is 80.6 cm³/mol. The molecular formula is C16H20FNO2S. The van der Waals surface area contributed by atoms with Gasteiger partial charge in [0.1, 0.15) is 5.82 Å². The molecule has 0 aliphatic carbocycles. The number of rotatable bonds is 4. The molecule has 0 spiro atoms. The van der Waals surface area contributed by atoms with Crippen molar-refractivity contribution >= 4 is 17.7 Å². The van der Waals surface area contributed by atoms with Gasteiger partial charge in [-0.3, -0.25) is 4.79 Å². The Bertz CT molecular complexity index is 494. The number of hydrogen-bond acceptors (Lipinski definition) is 3. The van der Waals surface area contributed by atoms with Crippen molar-refractivity contribution in [1.82, 2.24) is 4.90 Å². The van der Waals surface area contributed by atoms with E-state index in [1.165, 1.54) is 12.1 Å². The lowest BCUT2D eigenvalue weighted by Crippen LogP contribution is -2.48. The third-order valence-corrected chi connectivity index (χ3v) is 5.41. The Labute approximate surface area is 128 Å². The maximum absolute atomic E-state index is 12.8. The van der Waals surface area contributed by atoms with E-state index in [0.717, 1.165) is 30.6 Å². The summed E-state index contributed by atoms with van der Waals surface area (Å²) in [7, 11) is 0. The minimum absolute atomic E-state index is 0.198. The van der Waals surface area contributed by atoms with E-state index in [-0.39, 0.29) is 29.9 Å². The largest absolute Gasteiger partial charge is 0.393 e. The zero-order valence-electron chi connectivity index (χ0n) is 11.9. The molecule has 2 aliphatic heterocycles. The first-order valence-corrected chi connectivity index (χ1v) is 8.49. The second-order valence-electron chi connectivity index (χ2n) is 5.86. The van der Waals surface area contributed by atoms with Gasteiger partial charge in [-0.05, 0) is 49.9 Å². The number of carbonyl (C=O) groups excluding carboxylic acids is 1. The molecule has 0 saturated carbocycles. The van der Waals surface area contributed by atoms with Crippen LogP contribution in [0, 0.1) is 5.82 Å². The number of aliphatic hydroxyl groups excluding tert-OH is 1. The summed E-state index contributed by atoms with van der Waals surface area (Å²) in [5.41, 5.74) is 0. The van der Waals surface area contributed by atoms with Gasteiger partial charge >= 0.3 is 0 Å². The van der Waals surface area contributed by atoms with Crippen molar-refractivity contribution in [3.63, 3.8) is 0 Å². The predicted octanol–water partition coefficient (Wildman–Crippen LogP) is 2.82. The monoisotopic (exact) mass is 309 g/mol. The lowest BCUT2D eigenvalue weighted by molar-refractivity contribution is -0.136. The van der Waals surface area contributed by atoms with E-state index in [2.05, 4.69) is 0 Å². The average Bonchev–Trinajstić information content (AvgIpc) is 2.73. The van der Waals surface area contributed by atoms with E-state index in [9.17, 15) is 14.3 Å². The number of benzene rings is 1. The first-order chi connectivity index (χ1) is 10.1. The summed E-state index contributed by atoms with van der Waals surface area (Å²) in [5.74, 6) is 0.672. The number of halogens is 1. The van der Waals surface area contributed by atoms with E-state index >= 15 is 0 Å². The van der Waals surface area contributed by atoms with Crippen molar-refractivity contribution in [1.29, 1.82) is 0 Å². The summed E-state index contributed by atoms with van der Waals surface area (Å²) in [6, 6.07) is 6.84. The van der Waals surface area contributed by atoms with E-state index in [1.54, 1.807) is 23.9 Å². The van der Waals surface area contributed by atoms with Crippen LogP contribution in [0.15, 0.2) is 29.2 Å². The van der Waals surface area contributed by atoms with Crippen LogP contribution >= 0.6 is 11.8 Å². The molecule has 2 aliphatic rings. The molecule has 21 heavy (non-hydrogen) atoms. The van der Waals surface area contributed by atoms with Crippen LogP contribution < -0.4 is 0 Å². The van der Waals surface area contributed by atoms with Crippen molar-refractivity contribution in [3.05, 3.63) is 30.1 Å². The summed E-state index contributed by atoms with van der Waals surface area (Å²) < 4.78 is 12.8. The SMILES string of the molecule is O=C(CCSc1ccc(F)cc1)N1C2CCC1CC(O)C2. The van der Waals surface area contributed by atoms with Crippen LogP contribution in [0.5, 0.6) is 0 Å². The molecule has 5 heteroatoms. The fourth-order valence-electron chi connectivity index (χ4n) is 3.47. The van der Waals surface area contributed by atoms with Crippen LogP contribution in [0.2, 0.25) is 0 Å². The van der Waals surface area contributed by atoms with Gasteiger partial charge in [0.25, 0.3) is 0 Å². The first kappa shape index (κ1) is 14.9. The summed E-state index contributed by atoms with van der Waals surface area (Å²) in [6.45, 7) is 0. The fraction of sp³-hybridized carbons (Fsp3) is 0.562. The molecule has 0 aromatic heterocycles. The lowest BCUT2D eigenvalue weighted by Gasteiger charge is -2.37. The minimum atomic E-state index is -0.237. The highest BCUT2D eigenvalue weighted by molar-refractivity contribution is 7.99. The summed E-state index contributed by atoms with van der Waals surface area (Å²) in [5, 5.41) is 9.76. The quantitative estimate of drug-likeness (QED) is 0.870. The normalized spacial score (nSPS) is 27.9. The Hall–Kier alpha value is -1.07. The Kier molecular flexibility index (Phi) is 4.50. The van der Waals surface area contributed by atoms with Crippen molar-refractivity contribution in [2.75, 3.05) is 5.75 Å². The van der Waals surface area contributed by atoms with E-state index in [4.69, 9.17) is 0 Å². The molecule has 3 nitrogen and oxygen atoms in total. The van der Waals surface area contributed by atoms with E-state index in [1.807, 2.05) is 4.90 Å². The second-order valence-corrected chi connectivity index (χ2v) is 7.03. The minimum Gasteiger partial charge on any atom is -0.393 e. The topological polar surface area (TPSA) is 40.5 Å². The Balaban J connectivity index is 1.49. The fourth-order valence-corrected chi connectivity index (χ4v) is 4.31. The van der Waals surface area contributed by atoms with Gasteiger partial charge in [-0.15, -0.1) is 11.8 Å². The van der Waals surface area contributed by atoms with Gasteiger partial charge in [-0.25, -0.2) is 4.39 Å². The maximum Gasteiger partial charge on any atom is 0.223 e. The number of amides is 1. The molecule has 1 amide bonds. The zero-order chi connectivity index (χ0) is 14.8. The highest BCUT2D eigenvalue weighted by atomic mass is 32.2. The molecule has 2 atom stereocenters. The van der Waals surface area contributed by atoms with Gasteiger partial charge in [0.05, 0.1) is 6.10 Å². The Morgan fingerprint density at radius 1 is 1.24 bits per heavy atom. The van der Waals surface area contributed by atoms with E-state index < -0.39 is 0 Å². The van der Waals surface area contributed by atoms with E-state index in [0.29, 0.717) is 12.2 Å². The Morgan fingerprint density at radius 2 is 1.86 bits per heavy atom. The number of piperidine rings is 1. The lowest BCUT2D eigenvalue weighted by atomic mass is 9.99. The number of nitrogens with zero attached hydrogens (tertiary/aromatic N) is 1. The number of thioether (sulfide) groups is 1. The van der Waals surface area contributed by atoms with Crippen LogP contribution in [-0.2, 0) is 4.79 Å². The maximum atomic E-state index is 12.8. The van der Waals surface area contributed by atoms with Crippen LogP contribution in [0.1, 0.15) is 32.1 Å². The van der Waals surface area contributed by atoms with Gasteiger partial charge < -0.3 is 10.0 Å². The standard InChI is InChI=1S/C16H20FNO2S/c17-11-1-5-15(6-2-11)21-8-7-16(20)18-12-3-4-13(18)10-14(19)9-12/h1-2,5-6,12-14,19H,3-4,7-10H2. The van der Waals surface area contributed by atoms with Gasteiger partial charge in [-0.1, -0.05) is 0 Å². The van der Waals surface area contributed by atoms with Gasteiger partial charge in [0, 0.05) is 29.2 Å². The van der Waals surface area contributed by atoms with Crippen molar-refractivity contribution in [2.45, 2.75) is 55.2 Å². The van der Waals surface area contributed by atoms with Gasteiger partial charge in [0.2, 0.25) is 5.91 Å². The molecular weight excluding hydrogens is 289 g/mol. The second kappa shape index (κ2) is 6.36. The molecule has 3 rings (SSSR count). The van der Waals surface area contributed by atoms with Crippen molar-refractivity contribution in [3.8, 4) is 0 Å². The van der Waals surface area contributed by atoms with Crippen LogP contribution in [0.4, 0.5) is 4.39 Å². The zero-order valence-corrected chi connectivity index (χ0v) is 12.7. The summed E-state index contributed by atoms with van der Waals surface area (Å²) in [6.07, 6.45) is 3.78. The number of carbonyl (C=O) groups is 1. The molecule has 2 bridgehead atoms. The highest BCUT2D eigenvalue weighted by Crippen LogP contribution is 2.36. The highest BCUT2D eigenvalue weighted by Gasteiger charge is 2.42. The van der Waals surface area contributed by atoms with Crippen molar-refractivity contribution < 1.29 is 14.3 Å². The average molecular weight is 309 g/mol. The van der Waals surface area contributed by atoms with Gasteiger partial charge in [0.15, 0.2) is 0 Å². The molecule has 1 aromatic rings. The molecule has 114 valence electrons. The molecule has 0 radical (unpaired) electrons. The molecule has 1 N–H and O–H groups in total. The molecule has 2 saturated heterocycles. The van der Waals surface area contributed by atoms with Crippen molar-refractivity contribution in [2.24, 2.45) is 0 Å². The van der Waals surface area contributed by atoms with Crippen LogP contribution in [-0.4, -0.2) is 39.9 Å². The summed E-state index contributed by atoms with van der Waals surface area (Å²) in [4.78, 5) is 15.4. The number of hydrogen-bond donors (Lipinski definition) is 1. The summed E-state index contributed by atoms with van der Waals surface area (Å²) >= 11 is 1.58. The molecule has 1 aromatic carbocycles. The number of aliphatic hydroxyl groups is 1. The molecule has 2 fully saturated rings. The molecule has 2 heterocycles. The third-order valence-electron chi connectivity index (χ3n) is 4.39.